The van der Waals surface area contributed by atoms with Gasteiger partial charge in [-0.05, 0) is 18.4 Å². The minimum absolute atomic E-state index is 0.159. The predicted octanol–water partition coefficient (Wildman–Crippen LogP) is -0.301. The van der Waals surface area contributed by atoms with E-state index in [9.17, 15) is 19.6 Å². The molecule has 2 rings (SSSR count). The number of hydrogen-bond acceptors (Lipinski definition) is 6. The summed E-state index contributed by atoms with van der Waals surface area (Å²) in [5.41, 5.74) is 0.592. The van der Waals surface area contributed by atoms with Crippen molar-refractivity contribution in [1.29, 1.82) is 0 Å². The highest BCUT2D eigenvalue weighted by atomic mass is 16.4. The number of anilines is 1. The fourth-order valence-corrected chi connectivity index (χ4v) is 3.37. The van der Waals surface area contributed by atoms with E-state index in [1.54, 1.807) is 12.3 Å². The number of rotatable bonds is 9. The summed E-state index contributed by atoms with van der Waals surface area (Å²) in [5, 5.41) is 21.4. The largest absolute Gasteiger partial charge is 0.475 e. The lowest BCUT2D eigenvalue weighted by Crippen LogP contribution is -2.48. The Hall–Kier alpha value is -2.10. The van der Waals surface area contributed by atoms with E-state index in [1.165, 1.54) is 4.57 Å². The van der Waals surface area contributed by atoms with Crippen molar-refractivity contribution in [2.24, 2.45) is 5.92 Å². The van der Waals surface area contributed by atoms with Crippen molar-refractivity contribution in [2.75, 3.05) is 37.6 Å². The Balaban J connectivity index is 1.96. The smallest absolute Gasteiger partial charge is 0.426 e. The van der Waals surface area contributed by atoms with E-state index >= 15 is 0 Å². The van der Waals surface area contributed by atoms with Gasteiger partial charge in [0.2, 0.25) is 5.91 Å². The van der Waals surface area contributed by atoms with Crippen molar-refractivity contribution in [3.05, 3.63) is 41.3 Å². The minimum atomic E-state index is -1.63. The van der Waals surface area contributed by atoms with E-state index in [0.717, 1.165) is 38.4 Å². The second kappa shape index (κ2) is 10.4. The van der Waals surface area contributed by atoms with Gasteiger partial charge in [0, 0.05) is 50.7 Å². The van der Waals surface area contributed by atoms with Crippen LogP contribution in [-0.2, 0) is 11.3 Å². The van der Waals surface area contributed by atoms with Crippen molar-refractivity contribution in [3.63, 3.8) is 0 Å². The van der Waals surface area contributed by atoms with Crippen LogP contribution >= 0.6 is 0 Å². The first-order valence-electron chi connectivity index (χ1n) is 9.74. The van der Waals surface area contributed by atoms with Gasteiger partial charge in [-0.15, -0.1) is 6.58 Å². The van der Waals surface area contributed by atoms with Crippen LogP contribution in [0, 0.1) is 5.92 Å². The van der Waals surface area contributed by atoms with Crippen molar-refractivity contribution in [3.8, 4) is 0 Å². The van der Waals surface area contributed by atoms with Gasteiger partial charge in [0.1, 0.15) is 6.54 Å². The third-order valence-electron chi connectivity index (χ3n) is 4.85. The Kier molecular flexibility index (Phi) is 8.28. The van der Waals surface area contributed by atoms with Crippen LogP contribution in [0.3, 0.4) is 0 Å². The van der Waals surface area contributed by atoms with Crippen molar-refractivity contribution < 1.29 is 14.8 Å². The van der Waals surface area contributed by atoms with Gasteiger partial charge >= 0.3 is 7.12 Å². The van der Waals surface area contributed by atoms with Crippen LogP contribution in [0.1, 0.15) is 20.3 Å². The summed E-state index contributed by atoms with van der Waals surface area (Å²) in [4.78, 5) is 29.1. The summed E-state index contributed by atoms with van der Waals surface area (Å²) >= 11 is 0. The summed E-state index contributed by atoms with van der Waals surface area (Å²) in [6, 6.07) is 3.38. The quantitative estimate of drug-likeness (QED) is 0.396. The van der Waals surface area contributed by atoms with E-state index in [2.05, 4.69) is 21.7 Å². The summed E-state index contributed by atoms with van der Waals surface area (Å²) in [5.74, 6) is -0.984. The fraction of sp³-hybridized carbons (Fsp3) is 0.579. The molecule has 0 unspecified atom stereocenters. The van der Waals surface area contributed by atoms with Gasteiger partial charge in [0.05, 0.1) is 5.94 Å². The van der Waals surface area contributed by atoms with Crippen LogP contribution in [0.4, 0.5) is 5.69 Å². The first-order valence-corrected chi connectivity index (χ1v) is 9.74. The average molecular weight is 390 g/mol. The third kappa shape index (κ3) is 6.51. The van der Waals surface area contributed by atoms with Crippen LogP contribution in [0.25, 0.3) is 0 Å². The van der Waals surface area contributed by atoms with Gasteiger partial charge in [0.15, 0.2) is 0 Å². The van der Waals surface area contributed by atoms with E-state index in [0.29, 0.717) is 6.42 Å². The van der Waals surface area contributed by atoms with E-state index < -0.39 is 19.0 Å². The molecule has 1 aliphatic rings. The number of aromatic nitrogens is 1. The molecule has 1 aromatic rings. The summed E-state index contributed by atoms with van der Waals surface area (Å²) in [6.07, 6.45) is 3.94. The molecule has 0 aliphatic carbocycles. The predicted molar refractivity (Wildman–Crippen MR) is 111 cm³/mol. The maximum Gasteiger partial charge on any atom is 0.475 e. The summed E-state index contributed by atoms with van der Waals surface area (Å²) < 4.78 is 1.32. The van der Waals surface area contributed by atoms with E-state index in [-0.39, 0.29) is 18.0 Å². The zero-order valence-electron chi connectivity index (χ0n) is 16.8. The van der Waals surface area contributed by atoms with Crippen molar-refractivity contribution >= 4 is 18.7 Å². The number of carbonyl (C=O) groups excluding carboxylic acids is 1. The van der Waals surface area contributed by atoms with Crippen LogP contribution in [0.2, 0.25) is 0 Å². The molecular weight excluding hydrogens is 359 g/mol. The number of piperazine rings is 1. The number of pyridine rings is 1. The second-order valence-electron chi connectivity index (χ2n) is 7.64. The molecule has 0 saturated carbocycles. The van der Waals surface area contributed by atoms with Crippen LogP contribution < -0.4 is 15.8 Å². The molecule has 1 saturated heterocycles. The second-order valence-corrected chi connectivity index (χ2v) is 7.64. The maximum atomic E-state index is 12.4. The van der Waals surface area contributed by atoms with E-state index in [1.807, 2.05) is 26.0 Å². The normalized spacial score (nSPS) is 16.1. The summed E-state index contributed by atoms with van der Waals surface area (Å²) in [6.45, 7) is 11.8. The first kappa shape index (κ1) is 22.2. The molecule has 0 spiro atoms. The Morgan fingerprint density at radius 2 is 2.00 bits per heavy atom. The number of carbonyl (C=O) groups is 1. The van der Waals surface area contributed by atoms with Gasteiger partial charge in [-0.25, -0.2) is 0 Å². The molecule has 1 aromatic heterocycles. The topological polar surface area (TPSA) is 98.0 Å². The van der Waals surface area contributed by atoms with Gasteiger partial charge in [0.25, 0.3) is 5.56 Å². The monoisotopic (exact) mass is 390 g/mol. The fourth-order valence-electron chi connectivity index (χ4n) is 3.37. The standard InChI is InChI=1S/C19H31BN4O4/c1-4-6-22-8-10-23(11-9-22)16-5-7-24(19(26)13-16)14-18(25)21-17(20(27)28)12-15(2)3/h4-5,7,13,15,17,27-28H,1,6,8-12,14H2,2-3H3,(H,21,25)/t17-/m0/s1. The average Bonchev–Trinajstić information content (AvgIpc) is 2.63. The molecule has 3 N–H and O–H groups in total. The van der Waals surface area contributed by atoms with Gasteiger partial charge < -0.3 is 24.8 Å². The molecule has 154 valence electrons. The molecule has 0 aromatic carbocycles. The minimum Gasteiger partial charge on any atom is -0.426 e. The molecule has 1 amide bonds. The zero-order chi connectivity index (χ0) is 20.7. The molecule has 2 heterocycles. The SMILES string of the molecule is C=CCN1CCN(c2ccn(CC(=O)N[C@@H](CC(C)C)B(O)O)c(=O)c2)CC1. The maximum absolute atomic E-state index is 12.4. The number of amides is 1. The van der Waals surface area contributed by atoms with Crippen molar-refractivity contribution in [2.45, 2.75) is 32.8 Å². The molecule has 8 nitrogen and oxygen atoms in total. The van der Waals surface area contributed by atoms with Gasteiger partial charge in [-0.1, -0.05) is 19.9 Å². The third-order valence-corrected chi connectivity index (χ3v) is 4.85. The molecule has 1 atom stereocenters. The number of nitrogens with one attached hydrogen (secondary N) is 1. The highest BCUT2D eigenvalue weighted by Gasteiger charge is 2.26. The summed E-state index contributed by atoms with van der Waals surface area (Å²) in [7, 11) is -1.63. The Labute approximate surface area is 166 Å². The molecule has 1 fully saturated rings. The molecule has 28 heavy (non-hydrogen) atoms. The molecular formula is C19H31BN4O4. The molecule has 9 heteroatoms. The van der Waals surface area contributed by atoms with E-state index in [4.69, 9.17) is 0 Å². The van der Waals surface area contributed by atoms with Crippen LogP contribution in [0.5, 0.6) is 0 Å². The highest BCUT2D eigenvalue weighted by Crippen LogP contribution is 2.14. The first-order chi connectivity index (χ1) is 13.3. The highest BCUT2D eigenvalue weighted by molar-refractivity contribution is 6.43. The Morgan fingerprint density at radius 1 is 1.32 bits per heavy atom. The number of nitrogens with zero attached hydrogens (tertiary/aromatic N) is 3. The lowest BCUT2D eigenvalue weighted by molar-refractivity contribution is -0.122. The van der Waals surface area contributed by atoms with Gasteiger partial charge in [-0.3, -0.25) is 14.5 Å². The number of hydrogen-bond donors (Lipinski definition) is 3. The van der Waals surface area contributed by atoms with Crippen molar-refractivity contribution in [1.82, 2.24) is 14.8 Å². The van der Waals surface area contributed by atoms with Gasteiger partial charge in [-0.2, -0.15) is 0 Å². The lowest BCUT2D eigenvalue weighted by Gasteiger charge is -2.35. The van der Waals surface area contributed by atoms with Crippen LogP contribution in [0.15, 0.2) is 35.8 Å². The Bertz CT molecular complexity index is 714. The molecule has 0 bridgehead atoms. The molecule has 1 aliphatic heterocycles. The lowest BCUT2D eigenvalue weighted by atomic mass is 9.75. The molecule has 0 radical (unpaired) electrons. The zero-order valence-corrected chi connectivity index (χ0v) is 16.8. The van der Waals surface area contributed by atoms with Crippen LogP contribution in [-0.4, -0.2) is 71.2 Å². The Morgan fingerprint density at radius 3 is 2.54 bits per heavy atom.